The number of piperidine rings is 2. The van der Waals surface area contributed by atoms with E-state index in [4.69, 9.17) is 4.42 Å². The molecule has 1 aromatic carbocycles. The van der Waals surface area contributed by atoms with E-state index in [1.165, 1.54) is 57.2 Å². The molecule has 156 valence electrons. The van der Waals surface area contributed by atoms with Gasteiger partial charge in [-0.1, -0.05) is 25.0 Å². The fraction of sp³-hybridized carbons (Fsp3) is 0.542. The van der Waals surface area contributed by atoms with Gasteiger partial charge in [0.2, 0.25) is 0 Å². The highest BCUT2D eigenvalue weighted by atomic mass is 16.3. The predicted octanol–water partition coefficient (Wildman–Crippen LogP) is 4.22. The molecule has 2 aliphatic heterocycles. The fourth-order valence-corrected chi connectivity index (χ4v) is 4.55. The predicted molar refractivity (Wildman–Crippen MR) is 115 cm³/mol. The number of furan rings is 1. The standard InChI is InChI=1S/C24H33N3O2/c28-24(21-11-9-20(10-12-21)19-26-13-3-1-4-14-26)25-18-22(23-8-7-17-29-23)27-15-5-2-6-16-27/h7-12,17,22H,1-6,13-16,18-19H2,(H,25,28). The van der Waals surface area contributed by atoms with Crippen molar-refractivity contribution in [3.05, 3.63) is 59.5 Å². The number of carbonyl (C=O) groups is 1. The van der Waals surface area contributed by atoms with Crippen LogP contribution in [0.4, 0.5) is 0 Å². The van der Waals surface area contributed by atoms with Gasteiger partial charge in [-0.3, -0.25) is 14.6 Å². The minimum atomic E-state index is -0.0110. The summed E-state index contributed by atoms with van der Waals surface area (Å²) in [4.78, 5) is 17.7. The average molecular weight is 396 g/mol. The van der Waals surface area contributed by atoms with Crippen molar-refractivity contribution in [1.82, 2.24) is 15.1 Å². The number of hydrogen-bond donors (Lipinski definition) is 1. The summed E-state index contributed by atoms with van der Waals surface area (Å²) in [6.45, 7) is 6.05. The number of rotatable bonds is 7. The van der Waals surface area contributed by atoms with Crippen molar-refractivity contribution >= 4 is 5.91 Å². The average Bonchev–Trinajstić information content (AvgIpc) is 3.30. The van der Waals surface area contributed by atoms with Crippen LogP contribution in [0.1, 0.15) is 66.2 Å². The first-order valence-corrected chi connectivity index (χ1v) is 11.2. The van der Waals surface area contributed by atoms with Crippen molar-refractivity contribution in [3.8, 4) is 0 Å². The van der Waals surface area contributed by atoms with Crippen LogP contribution in [0.25, 0.3) is 0 Å². The van der Waals surface area contributed by atoms with Crippen LogP contribution in [-0.2, 0) is 6.54 Å². The molecule has 1 N–H and O–H groups in total. The van der Waals surface area contributed by atoms with Crippen molar-refractivity contribution in [2.45, 2.75) is 51.1 Å². The number of nitrogens with zero attached hydrogens (tertiary/aromatic N) is 2. The summed E-state index contributed by atoms with van der Waals surface area (Å²) in [5.74, 6) is 0.923. The largest absolute Gasteiger partial charge is 0.468 e. The summed E-state index contributed by atoms with van der Waals surface area (Å²) >= 11 is 0. The molecular formula is C24H33N3O2. The zero-order valence-electron chi connectivity index (χ0n) is 17.3. The van der Waals surface area contributed by atoms with Gasteiger partial charge >= 0.3 is 0 Å². The normalized spacial score (nSPS) is 19.7. The van der Waals surface area contributed by atoms with Crippen LogP contribution in [0.2, 0.25) is 0 Å². The number of hydrogen-bond acceptors (Lipinski definition) is 4. The highest BCUT2D eigenvalue weighted by molar-refractivity contribution is 5.94. The van der Waals surface area contributed by atoms with Crippen LogP contribution < -0.4 is 5.32 Å². The van der Waals surface area contributed by atoms with Crippen LogP contribution in [0.3, 0.4) is 0 Å². The van der Waals surface area contributed by atoms with E-state index in [0.717, 1.165) is 31.0 Å². The van der Waals surface area contributed by atoms with Gasteiger partial charge in [-0.2, -0.15) is 0 Å². The van der Waals surface area contributed by atoms with Crippen LogP contribution >= 0.6 is 0 Å². The number of benzene rings is 1. The lowest BCUT2D eigenvalue weighted by molar-refractivity contribution is 0.0914. The van der Waals surface area contributed by atoms with Crippen molar-refractivity contribution in [1.29, 1.82) is 0 Å². The lowest BCUT2D eigenvalue weighted by atomic mass is 10.1. The highest BCUT2D eigenvalue weighted by Crippen LogP contribution is 2.24. The van der Waals surface area contributed by atoms with E-state index in [1.54, 1.807) is 6.26 Å². The molecule has 0 bridgehead atoms. The Morgan fingerprint density at radius 2 is 1.62 bits per heavy atom. The smallest absolute Gasteiger partial charge is 0.251 e. The summed E-state index contributed by atoms with van der Waals surface area (Å²) in [6, 6.07) is 12.1. The van der Waals surface area contributed by atoms with E-state index in [9.17, 15) is 4.79 Å². The SMILES string of the molecule is O=C(NCC(c1ccco1)N1CCCCC1)c1ccc(CN2CCCCC2)cc1. The van der Waals surface area contributed by atoms with Gasteiger partial charge in [0.15, 0.2) is 0 Å². The van der Waals surface area contributed by atoms with Gasteiger partial charge < -0.3 is 9.73 Å². The van der Waals surface area contributed by atoms with Crippen molar-refractivity contribution in [2.24, 2.45) is 0 Å². The molecule has 0 aliphatic carbocycles. The highest BCUT2D eigenvalue weighted by Gasteiger charge is 2.25. The van der Waals surface area contributed by atoms with Gasteiger partial charge in [0.1, 0.15) is 5.76 Å². The molecule has 2 aliphatic rings. The maximum absolute atomic E-state index is 12.7. The van der Waals surface area contributed by atoms with E-state index in [0.29, 0.717) is 6.54 Å². The molecule has 2 fully saturated rings. The first-order valence-electron chi connectivity index (χ1n) is 11.2. The van der Waals surface area contributed by atoms with Crippen LogP contribution in [-0.4, -0.2) is 48.4 Å². The summed E-state index contributed by atoms with van der Waals surface area (Å²) in [5.41, 5.74) is 2.01. The Kier molecular flexibility index (Phi) is 7.01. The van der Waals surface area contributed by atoms with Crippen LogP contribution in [0.5, 0.6) is 0 Å². The quantitative estimate of drug-likeness (QED) is 0.762. The Bertz CT molecular complexity index is 745. The monoisotopic (exact) mass is 395 g/mol. The van der Waals surface area contributed by atoms with Gasteiger partial charge in [0, 0.05) is 18.7 Å². The second-order valence-corrected chi connectivity index (χ2v) is 8.37. The van der Waals surface area contributed by atoms with E-state index < -0.39 is 0 Å². The number of amides is 1. The molecule has 1 amide bonds. The molecule has 1 unspecified atom stereocenters. The van der Waals surface area contributed by atoms with E-state index in [-0.39, 0.29) is 11.9 Å². The second-order valence-electron chi connectivity index (χ2n) is 8.37. The van der Waals surface area contributed by atoms with Gasteiger partial charge in [0.05, 0.1) is 12.3 Å². The maximum Gasteiger partial charge on any atom is 0.251 e. The minimum Gasteiger partial charge on any atom is -0.468 e. The van der Waals surface area contributed by atoms with Crippen LogP contribution in [0, 0.1) is 0 Å². The Labute approximate surface area is 174 Å². The summed E-state index contributed by atoms with van der Waals surface area (Å²) in [5, 5.41) is 3.13. The fourth-order valence-electron chi connectivity index (χ4n) is 4.55. The summed E-state index contributed by atoms with van der Waals surface area (Å²) < 4.78 is 5.68. The Balaban J connectivity index is 1.33. The molecule has 5 nitrogen and oxygen atoms in total. The lowest BCUT2D eigenvalue weighted by Crippen LogP contribution is -2.40. The topological polar surface area (TPSA) is 48.7 Å². The molecule has 0 saturated carbocycles. The van der Waals surface area contributed by atoms with E-state index in [1.807, 2.05) is 24.3 Å². The Morgan fingerprint density at radius 1 is 0.931 bits per heavy atom. The number of carbonyl (C=O) groups excluding carboxylic acids is 1. The first kappa shape index (κ1) is 20.2. The lowest BCUT2D eigenvalue weighted by Gasteiger charge is -2.33. The zero-order chi connectivity index (χ0) is 19.9. The zero-order valence-corrected chi connectivity index (χ0v) is 17.3. The van der Waals surface area contributed by atoms with Gasteiger partial charge in [0.25, 0.3) is 5.91 Å². The molecule has 0 radical (unpaired) electrons. The van der Waals surface area contributed by atoms with Gasteiger partial charge in [-0.15, -0.1) is 0 Å². The third-order valence-electron chi connectivity index (χ3n) is 6.23. The van der Waals surface area contributed by atoms with E-state index in [2.05, 4.69) is 27.2 Å². The van der Waals surface area contributed by atoms with Crippen molar-refractivity contribution < 1.29 is 9.21 Å². The third-order valence-corrected chi connectivity index (χ3v) is 6.23. The summed E-state index contributed by atoms with van der Waals surface area (Å²) in [7, 11) is 0. The first-order chi connectivity index (χ1) is 14.3. The number of likely N-dealkylation sites (tertiary alicyclic amines) is 2. The van der Waals surface area contributed by atoms with Crippen molar-refractivity contribution in [3.63, 3.8) is 0 Å². The molecule has 3 heterocycles. The van der Waals surface area contributed by atoms with Gasteiger partial charge in [-0.25, -0.2) is 0 Å². The molecule has 29 heavy (non-hydrogen) atoms. The van der Waals surface area contributed by atoms with Gasteiger partial charge in [-0.05, 0) is 81.7 Å². The van der Waals surface area contributed by atoms with E-state index >= 15 is 0 Å². The second kappa shape index (κ2) is 10.1. The van der Waals surface area contributed by atoms with Crippen LogP contribution in [0.15, 0.2) is 47.1 Å². The molecule has 1 aromatic heterocycles. The molecule has 4 rings (SSSR count). The molecule has 0 spiro atoms. The minimum absolute atomic E-state index is 0.0110. The summed E-state index contributed by atoms with van der Waals surface area (Å²) in [6.07, 6.45) is 9.38. The molecule has 5 heteroatoms. The molecule has 2 aromatic rings. The maximum atomic E-state index is 12.7. The Hall–Kier alpha value is -2.11. The molecule has 2 saturated heterocycles. The molecular weight excluding hydrogens is 362 g/mol. The Morgan fingerprint density at radius 3 is 2.28 bits per heavy atom. The third kappa shape index (κ3) is 5.49. The van der Waals surface area contributed by atoms with Crippen molar-refractivity contribution in [2.75, 3.05) is 32.7 Å². The molecule has 1 atom stereocenters. The number of nitrogens with one attached hydrogen (secondary N) is 1.